The van der Waals surface area contributed by atoms with Crippen LogP contribution in [-0.2, 0) is 9.47 Å². The highest BCUT2D eigenvalue weighted by molar-refractivity contribution is 5.65. The van der Waals surface area contributed by atoms with Gasteiger partial charge in [0.05, 0.1) is 6.61 Å². The maximum Gasteiger partial charge on any atom is 0.404 e. The summed E-state index contributed by atoms with van der Waals surface area (Å²) in [5.74, 6) is 0.0127. The molecule has 0 aromatic carbocycles. The minimum atomic E-state index is -0.807. The molecule has 0 saturated heterocycles. The van der Waals surface area contributed by atoms with E-state index in [4.69, 9.17) is 20.9 Å². The van der Waals surface area contributed by atoms with Crippen LogP contribution in [0.25, 0.3) is 0 Å². The van der Waals surface area contributed by atoms with Crippen LogP contribution in [0.3, 0.4) is 0 Å². The maximum absolute atomic E-state index is 10.6. The molecule has 0 aromatic heterocycles. The van der Waals surface area contributed by atoms with E-state index in [0.29, 0.717) is 0 Å². The molecule has 1 aliphatic rings. The number of rotatable bonds is 3. The second kappa shape index (κ2) is 5.43. The summed E-state index contributed by atoms with van der Waals surface area (Å²) in [6.07, 6.45) is 1.79. The SMILES string of the molecule is NC(=O)OCC1CCCCC1OC(N)=O. The summed E-state index contributed by atoms with van der Waals surface area (Å²) in [4.78, 5) is 21.1. The number of hydrogen-bond acceptors (Lipinski definition) is 4. The summed E-state index contributed by atoms with van der Waals surface area (Å²) in [5.41, 5.74) is 9.81. The molecular weight excluding hydrogens is 200 g/mol. The fraction of sp³-hybridized carbons (Fsp3) is 0.778. The zero-order chi connectivity index (χ0) is 11.3. The third-order valence-corrected chi connectivity index (χ3v) is 2.55. The molecule has 2 unspecified atom stereocenters. The summed E-state index contributed by atoms with van der Waals surface area (Å²) in [6.45, 7) is 0.188. The Labute approximate surface area is 87.9 Å². The van der Waals surface area contributed by atoms with Gasteiger partial charge in [0.1, 0.15) is 6.10 Å². The van der Waals surface area contributed by atoms with E-state index in [2.05, 4.69) is 0 Å². The van der Waals surface area contributed by atoms with Crippen LogP contribution in [0.1, 0.15) is 25.7 Å². The van der Waals surface area contributed by atoms with Crippen LogP contribution in [0.2, 0.25) is 0 Å². The molecule has 1 fully saturated rings. The number of carbonyl (C=O) groups is 2. The molecule has 1 aliphatic carbocycles. The van der Waals surface area contributed by atoms with Gasteiger partial charge in [-0.1, -0.05) is 6.42 Å². The largest absolute Gasteiger partial charge is 0.449 e. The normalized spacial score (nSPS) is 25.6. The van der Waals surface area contributed by atoms with Crippen molar-refractivity contribution in [3.8, 4) is 0 Å². The van der Waals surface area contributed by atoms with E-state index >= 15 is 0 Å². The van der Waals surface area contributed by atoms with Gasteiger partial charge in [0.2, 0.25) is 0 Å². The number of nitrogens with two attached hydrogens (primary N) is 2. The Kier molecular flexibility index (Phi) is 4.20. The molecule has 6 nitrogen and oxygen atoms in total. The Morgan fingerprint density at radius 1 is 1.13 bits per heavy atom. The first kappa shape index (κ1) is 11.6. The van der Waals surface area contributed by atoms with Gasteiger partial charge in [0.15, 0.2) is 0 Å². The second-order valence-corrected chi connectivity index (χ2v) is 3.65. The Bertz CT molecular complexity index is 244. The summed E-state index contributed by atoms with van der Waals surface area (Å²) in [7, 11) is 0. The number of hydrogen-bond donors (Lipinski definition) is 2. The van der Waals surface area contributed by atoms with Crippen molar-refractivity contribution < 1.29 is 19.1 Å². The van der Waals surface area contributed by atoms with Gasteiger partial charge < -0.3 is 20.9 Å². The zero-order valence-electron chi connectivity index (χ0n) is 8.48. The lowest BCUT2D eigenvalue weighted by Gasteiger charge is -2.29. The van der Waals surface area contributed by atoms with Crippen molar-refractivity contribution in [1.29, 1.82) is 0 Å². The Morgan fingerprint density at radius 2 is 1.80 bits per heavy atom. The summed E-state index contributed by atoms with van der Waals surface area (Å²) in [6, 6.07) is 0. The lowest BCUT2D eigenvalue weighted by Crippen LogP contribution is -2.35. The Morgan fingerprint density at radius 3 is 2.40 bits per heavy atom. The molecule has 0 heterocycles. The molecule has 1 saturated carbocycles. The van der Waals surface area contributed by atoms with Crippen LogP contribution in [0.4, 0.5) is 9.59 Å². The average molecular weight is 216 g/mol. The predicted octanol–water partition coefficient (Wildman–Crippen LogP) is 0.736. The van der Waals surface area contributed by atoms with E-state index in [-0.39, 0.29) is 18.6 Å². The van der Waals surface area contributed by atoms with Gasteiger partial charge in [-0.3, -0.25) is 0 Å². The van der Waals surface area contributed by atoms with Gasteiger partial charge >= 0.3 is 12.2 Å². The lowest BCUT2D eigenvalue weighted by atomic mass is 9.87. The minimum Gasteiger partial charge on any atom is -0.449 e. The molecule has 2 amide bonds. The van der Waals surface area contributed by atoms with Crippen LogP contribution in [-0.4, -0.2) is 24.9 Å². The van der Waals surface area contributed by atoms with E-state index in [9.17, 15) is 9.59 Å². The lowest BCUT2D eigenvalue weighted by molar-refractivity contribution is 0.0148. The molecule has 1 rings (SSSR count). The van der Waals surface area contributed by atoms with Crippen molar-refractivity contribution >= 4 is 12.2 Å². The first-order valence-electron chi connectivity index (χ1n) is 4.98. The highest BCUT2D eigenvalue weighted by atomic mass is 16.6. The third kappa shape index (κ3) is 4.05. The fourth-order valence-corrected chi connectivity index (χ4v) is 1.86. The Hall–Kier alpha value is -1.46. The van der Waals surface area contributed by atoms with Gasteiger partial charge in [-0.25, -0.2) is 9.59 Å². The van der Waals surface area contributed by atoms with Crippen molar-refractivity contribution in [3.05, 3.63) is 0 Å². The van der Waals surface area contributed by atoms with Gasteiger partial charge in [-0.05, 0) is 19.3 Å². The van der Waals surface area contributed by atoms with E-state index < -0.39 is 12.2 Å². The summed E-state index contributed by atoms with van der Waals surface area (Å²) >= 11 is 0. The van der Waals surface area contributed by atoms with Crippen LogP contribution in [0.5, 0.6) is 0 Å². The topological polar surface area (TPSA) is 105 Å². The predicted molar refractivity (Wildman–Crippen MR) is 51.9 cm³/mol. The molecule has 6 heteroatoms. The highest BCUT2D eigenvalue weighted by Gasteiger charge is 2.28. The molecular formula is C9H16N2O4. The van der Waals surface area contributed by atoms with Crippen LogP contribution in [0.15, 0.2) is 0 Å². The molecule has 0 spiro atoms. The van der Waals surface area contributed by atoms with Gasteiger partial charge in [-0.2, -0.15) is 0 Å². The van der Waals surface area contributed by atoms with Crippen LogP contribution in [0, 0.1) is 5.92 Å². The van der Waals surface area contributed by atoms with Crippen molar-refractivity contribution in [2.75, 3.05) is 6.61 Å². The van der Waals surface area contributed by atoms with E-state index in [1.165, 1.54) is 0 Å². The number of primary amides is 2. The average Bonchev–Trinajstić information content (AvgIpc) is 2.15. The quantitative estimate of drug-likeness (QED) is 0.725. The van der Waals surface area contributed by atoms with E-state index in [0.717, 1.165) is 25.7 Å². The fourth-order valence-electron chi connectivity index (χ4n) is 1.86. The monoisotopic (exact) mass is 216 g/mol. The van der Waals surface area contributed by atoms with E-state index in [1.54, 1.807) is 0 Å². The molecule has 0 radical (unpaired) electrons. The van der Waals surface area contributed by atoms with Crippen LogP contribution >= 0.6 is 0 Å². The van der Waals surface area contributed by atoms with Crippen molar-refractivity contribution in [2.24, 2.45) is 17.4 Å². The van der Waals surface area contributed by atoms with Gasteiger partial charge in [-0.15, -0.1) is 0 Å². The highest BCUT2D eigenvalue weighted by Crippen LogP contribution is 2.27. The van der Waals surface area contributed by atoms with Crippen molar-refractivity contribution in [1.82, 2.24) is 0 Å². The number of carbonyl (C=O) groups excluding carboxylic acids is 2. The molecule has 4 N–H and O–H groups in total. The standard InChI is InChI=1S/C9H16N2O4/c10-8(12)14-5-6-3-1-2-4-7(6)15-9(11)13/h6-7H,1-5H2,(H2,10,12)(H2,11,13). The van der Waals surface area contributed by atoms with Gasteiger partial charge in [0, 0.05) is 5.92 Å². The number of ether oxygens (including phenoxy) is 2. The van der Waals surface area contributed by atoms with Gasteiger partial charge in [0.25, 0.3) is 0 Å². The summed E-state index contributed by atoms with van der Waals surface area (Å²) < 4.78 is 9.64. The van der Waals surface area contributed by atoms with Crippen molar-refractivity contribution in [2.45, 2.75) is 31.8 Å². The smallest absolute Gasteiger partial charge is 0.404 e. The molecule has 0 aromatic rings. The minimum absolute atomic E-state index is 0.0127. The van der Waals surface area contributed by atoms with Crippen LogP contribution < -0.4 is 11.5 Å². The molecule has 0 bridgehead atoms. The Balaban J connectivity index is 2.42. The second-order valence-electron chi connectivity index (χ2n) is 3.65. The van der Waals surface area contributed by atoms with E-state index in [1.807, 2.05) is 0 Å². The first-order chi connectivity index (χ1) is 7.09. The first-order valence-corrected chi connectivity index (χ1v) is 4.98. The molecule has 2 atom stereocenters. The molecule has 15 heavy (non-hydrogen) atoms. The van der Waals surface area contributed by atoms with Crippen molar-refractivity contribution in [3.63, 3.8) is 0 Å². The zero-order valence-corrected chi connectivity index (χ0v) is 8.48. The number of amides is 2. The maximum atomic E-state index is 10.6. The molecule has 86 valence electrons. The summed E-state index contributed by atoms with van der Waals surface area (Å²) in [5, 5.41) is 0. The molecule has 0 aliphatic heterocycles. The third-order valence-electron chi connectivity index (χ3n) is 2.55.